The van der Waals surface area contributed by atoms with E-state index in [1.54, 1.807) is 31.2 Å². The van der Waals surface area contributed by atoms with Crippen LogP contribution in [0.25, 0.3) is 0 Å². The van der Waals surface area contributed by atoms with Crippen LogP contribution in [-0.2, 0) is 14.8 Å². The second-order valence-corrected chi connectivity index (χ2v) is 8.02. The van der Waals surface area contributed by atoms with Gasteiger partial charge in [0.1, 0.15) is 0 Å². The van der Waals surface area contributed by atoms with Crippen LogP contribution < -0.4 is 5.32 Å². The van der Waals surface area contributed by atoms with Crippen molar-refractivity contribution in [2.24, 2.45) is 5.92 Å². The highest BCUT2D eigenvalue weighted by Gasteiger charge is 2.32. The third kappa shape index (κ3) is 4.31. The zero-order valence-corrected chi connectivity index (χ0v) is 14.3. The lowest BCUT2D eigenvalue weighted by molar-refractivity contribution is -0.127. The number of sulfonamides is 1. The molecular weight excluding hydrogens is 316 g/mol. The molecule has 2 N–H and O–H groups in total. The monoisotopic (exact) mass is 340 g/mol. The number of nitrogens with one attached hydrogen (secondary N) is 1. The standard InChI is InChI=1S/C16H24N2O4S/c1-12-3-5-15(6-4-12)23(21,22)18-9-7-14(8-10-18)16(20)17-13(2)11-19/h3-6,13-14,19H,7-11H2,1-2H3,(H,17,20). The molecule has 1 fully saturated rings. The molecule has 1 amide bonds. The number of carbonyl (C=O) groups is 1. The van der Waals surface area contributed by atoms with E-state index in [4.69, 9.17) is 5.11 Å². The van der Waals surface area contributed by atoms with Crippen molar-refractivity contribution in [2.45, 2.75) is 37.6 Å². The van der Waals surface area contributed by atoms with Crippen molar-refractivity contribution in [3.8, 4) is 0 Å². The highest BCUT2D eigenvalue weighted by molar-refractivity contribution is 7.89. The largest absolute Gasteiger partial charge is 0.394 e. The van der Waals surface area contributed by atoms with E-state index >= 15 is 0 Å². The predicted octanol–water partition coefficient (Wildman–Crippen LogP) is 0.893. The normalized spacial score (nSPS) is 18.6. The Kier molecular flexibility index (Phi) is 5.78. The Morgan fingerprint density at radius 3 is 2.39 bits per heavy atom. The molecule has 7 heteroatoms. The van der Waals surface area contributed by atoms with E-state index < -0.39 is 10.0 Å². The number of aryl methyl sites for hydroxylation is 1. The van der Waals surface area contributed by atoms with Crippen LogP contribution in [0.15, 0.2) is 29.2 Å². The maximum Gasteiger partial charge on any atom is 0.243 e. The summed E-state index contributed by atoms with van der Waals surface area (Å²) >= 11 is 0. The van der Waals surface area contributed by atoms with Crippen LogP contribution in [0.5, 0.6) is 0 Å². The molecule has 1 atom stereocenters. The van der Waals surface area contributed by atoms with E-state index in [0.717, 1.165) is 5.56 Å². The minimum Gasteiger partial charge on any atom is -0.394 e. The average Bonchev–Trinajstić information content (AvgIpc) is 2.55. The Bertz CT molecular complexity index is 635. The van der Waals surface area contributed by atoms with Crippen LogP contribution in [0.1, 0.15) is 25.3 Å². The molecule has 0 saturated carbocycles. The summed E-state index contributed by atoms with van der Waals surface area (Å²) in [6.45, 7) is 4.21. The van der Waals surface area contributed by atoms with Gasteiger partial charge in [-0.15, -0.1) is 0 Å². The molecule has 1 aliphatic rings. The van der Waals surface area contributed by atoms with E-state index in [2.05, 4.69) is 5.32 Å². The number of aliphatic hydroxyl groups is 1. The number of hydrogen-bond donors (Lipinski definition) is 2. The number of nitrogens with zero attached hydrogens (tertiary/aromatic N) is 1. The number of carbonyl (C=O) groups excluding carboxylic acids is 1. The lowest BCUT2D eigenvalue weighted by Gasteiger charge is -2.31. The molecule has 0 aromatic heterocycles. The first kappa shape index (κ1) is 17.9. The van der Waals surface area contributed by atoms with Gasteiger partial charge in [-0.05, 0) is 38.8 Å². The highest BCUT2D eigenvalue weighted by Crippen LogP contribution is 2.24. The van der Waals surface area contributed by atoms with Gasteiger partial charge in [0.15, 0.2) is 0 Å². The van der Waals surface area contributed by atoms with Crippen LogP contribution in [0.2, 0.25) is 0 Å². The fourth-order valence-corrected chi connectivity index (χ4v) is 4.09. The van der Waals surface area contributed by atoms with Crippen molar-refractivity contribution in [2.75, 3.05) is 19.7 Å². The predicted molar refractivity (Wildman–Crippen MR) is 87.4 cm³/mol. The molecule has 0 spiro atoms. The summed E-state index contributed by atoms with van der Waals surface area (Å²) in [7, 11) is -3.49. The van der Waals surface area contributed by atoms with Crippen LogP contribution in [0.4, 0.5) is 0 Å². The molecule has 0 aliphatic carbocycles. The van der Waals surface area contributed by atoms with Crippen molar-refractivity contribution < 1.29 is 18.3 Å². The number of rotatable bonds is 5. The zero-order valence-electron chi connectivity index (χ0n) is 13.5. The summed E-state index contributed by atoms with van der Waals surface area (Å²) in [4.78, 5) is 12.3. The van der Waals surface area contributed by atoms with Gasteiger partial charge in [0.25, 0.3) is 0 Å². The fourth-order valence-electron chi connectivity index (χ4n) is 2.62. The van der Waals surface area contributed by atoms with E-state index in [1.165, 1.54) is 4.31 Å². The van der Waals surface area contributed by atoms with Gasteiger partial charge in [0, 0.05) is 25.0 Å². The summed E-state index contributed by atoms with van der Waals surface area (Å²) in [5.74, 6) is -0.313. The summed E-state index contributed by atoms with van der Waals surface area (Å²) in [5, 5.41) is 11.7. The van der Waals surface area contributed by atoms with Crippen LogP contribution in [0.3, 0.4) is 0 Å². The Balaban J connectivity index is 1.98. The lowest BCUT2D eigenvalue weighted by atomic mass is 9.97. The number of aliphatic hydroxyl groups excluding tert-OH is 1. The smallest absolute Gasteiger partial charge is 0.243 e. The lowest BCUT2D eigenvalue weighted by Crippen LogP contribution is -2.45. The van der Waals surface area contributed by atoms with Crippen LogP contribution >= 0.6 is 0 Å². The minimum absolute atomic E-state index is 0.105. The van der Waals surface area contributed by atoms with Gasteiger partial charge in [-0.25, -0.2) is 8.42 Å². The van der Waals surface area contributed by atoms with E-state index in [9.17, 15) is 13.2 Å². The first-order valence-electron chi connectivity index (χ1n) is 7.82. The van der Waals surface area contributed by atoms with Gasteiger partial charge < -0.3 is 10.4 Å². The molecular formula is C16H24N2O4S. The van der Waals surface area contributed by atoms with E-state index in [-0.39, 0.29) is 24.5 Å². The maximum atomic E-state index is 12.6. The van der Waals surface area contributed by atoms with Crippen molar-refractivity contribution in [1.29, 1.82) is 0 Å². The first-order valence-corrected chi connectivity index (χ1v) is 9.26. The molecule has 1 heterocycles. The van der Waals surface area contributed by atoms with E-state index in [1.807, 2.05) is 6.92 Å². The first-order chi connectivity index (χ1) is 10.8. The van der Waals surface area contributed by atoms with Crippen molar-refractivity contribution in [3.05, 3.63) is 29.8 Å². The Morgan fingerprint density at radius 2 is 1.87 bits per heavy atom. The molecule has 0 radical (unpaired) electrons. The summed E-state index contributed by atoms with van der Waals surface area (Å²) in [6.07, 6.45) is 0.990. The zero-order chi connectivity index (χ0) is 17.0. The number of hydrogen-bond acceptors (Lipinski definition) is 4. The SMILES string of the molecule is Cc1ccc(S(=O)(=O)N2CCC(C(=O)NC(C)CO)CC2)cc1. The van der Waals surface area contributed by atoms with Crippen LogP contribution in [0, 0.1) is 12.8 Å². The number of piperidine rings is 1. The third-order valence-corrected chi connectivity index (χ3v) is 6.06. The maximum absolute atomic E-state index is 12.6. The average molecular weight is 340 g/mol. The van der Waals surface area contributed by atoms with Crippen molar-refractivity contribution >= 4 is 15.9 Å². The van der Waals surface area contributed by atoms with Gasteiger partial charge in [0.2, 0.25) is 15.9 Å². The summed E-state index contributed by atoms with van der Waals surface area (Å²) < 4.78 is 26.6. The van der Waals surface area contributed by atoms with Gasteiger partial charge in [0.05, 0.1) is 11.5 Å². The molecule has 1 aromatic carbocycles. The highest BCUT2D eigenvalue weighted by atomic mass is 32.2. The minimum atomic E-state index is -3.49. The van der Waals surface area contributed by atoms with Crippen molar-refractivity contribution in [1.82, 2.24) is 9.62 Å². The Labute approximate surface area is 137 Å². The van der Waals surface area contributed by atoms with Gasteiger partial charge in [-0.1, -0.05) is 17.7 Å². The summed E-state index contributed by atoms with van der Waals surface area (Å²) in [6, 6.07) is 6.52. The Morgan fingerprint density at radius 1 is 1.30 bits per heavy atom. The molecule has 1 saturated heterocycles. The van der Waals surface area contributed by atoms with Gasteiger partial charge in [-0.2, -0.15) is 4.31 Å². The Hall–Kier alpha value is -1.44. The molecule has 23 heavy (non-hydrogen) atoms. The molecule has 1 aliphatic heterocycles. The van der Waals surface area contributed by atoms with E-state index in [0.29, 0.717) is 30.8 Å². The summed E-state index contributed by atoms with van der Waals surface area (Å²) in [5.41, 5.74) is 1.01. The van der Waals surface area contributed by atoms with Gasteiger partial charge in [-0.3, -0.25) is 4.79 Å². The molecule has 0 bridgehead atoms. The third-order valence-electron chi connectivity index (χ3n) is 4.15. The fraction of sp³-hybridized carbons (Fsp3) is 0.562. The van der Waals surface area contributed by atoms with Gasteiger partial charge >= 0.3 is 0 Å². The molecule has 1 unspecified atom stereocenters. The molecule has 2 rings (SSSR count). The van der Waals surface area contributed by atoms with Crippen LogP contribution in [-0.4, -0.2) is 49.5 Å². The quantitative estimate of drug-likeness (QED) is 0.833. The topological polar surface area (TPSA) is 86.7 Å². The second-order valence-electron chi connectivity index (χ2n) is 6.08. The molecule has 128 valence electrons. The molecule has 1 aromatic rings. The number of amides is 1. The second kappa shape index (κ2) is 7.42. The van der Waals surface area contributed by atoms with Crippen molar-refractivity contribution in [3.63, 3.8) is 0 Å². The molecule has 6 nitrogen and oxygen atoms in total. The number of benzene rings is 1.